The second-order valence-corrected chi connectivity index (χ2v) is 16.8. The largest absolute Gasteiger partial charge is 0.248 e. The van der Waals surface area contributed by atoms with Gasteiger partial charge in [0.05, 0.1) is 11.4 Å². The molecule has 0 saturated carbocycles. The quantitative estimate of drug-likeness (QED) is 0.137. The van der Waals surface area contributed by atoms with Gasteiger partial charge in [-0.05, 0) is 92.9 Å². The Morgan fingerprint density at radius 3 is 0.821 bits per heavy atom. The zero-order valence-corrected chi connectivity index (χ0v) is 37.0. The lowest BCUT2D eigenvalue weighted by molar-refractivity contribution is 1.07. The molecule has 0 fully saturated rings. The number of aryl methyl sites for hydroxylation is 1. The van der Waals surface area contributed by atoms with Crippen LogP contribution in [0, 0.1) is 6.92 Å². The highest BCUT2D eigenvalue weighted by Gasteiger charge is 2.17. The van der Waals surface area contributed by atoms with Crippen LogP contribution >= 0.6 is 0 Å². The highest BCUT2D eigenvalue weighted by Crippen LogP contribution is 2.36. The average molecular weight is 857 g/mol. The van der Waals surface area contributed by atoms with E-state index in [1.165, 1.54) is 5.56 Å². The fraction of sp³-hybridized carbons (Fsp3) is 0.0159. The maximum Gasteiger partial charge on any atom is 0.164 e. The van der Waals surface area contributed by atoms with Gasteiger partial charge in [0.1, 0.15) is 0 Å². The number of aromatic nitrogens is 4. The van der Waals surface area contributed by atoms with Crippen LogP contribution in [0.2, 0.25) is 0 Å². The summed E-state index contributed by atoms with van der Waals surface area (Å²) in [6.45, 7) is 2.12. The summed E-state index contributed by atoms with van der Waals surface area (Å²) in [4.78, 5) is 20.7. The first-order chi connectivity index (χ1) is 33.1. The highest BCUT2D eigenvalue weighted by molar-refractivity contribution is 5.83. The lowest BCUT2D eigenvalue weighted by Gasteiger charge is -2.14. The number of rotatable bonds is 10. The molecule has 0 saturated heterocycles. The lowest BCUT2D eigenvalue weighted by atomic mass is 9.94. The fourth-order valence-electron chi connectivity index (χ4n) is 8.55. The third-order valence-corrected chi connectivity index (χ3v) is 12.2. The van der Waals surface area contributed by atoms with Crippen LogP contribution in [0.1, 0.15) is 5.56 Å². The van der Waals surface area contributed by atoms with Gasteiger partial charge in [0.2, 0.25) is 0 Å². The van der Waals surface area contributed by atoms with Gasteiger partial charge in [0, 0.05) is 27.8 Å². The molecule has 2 aromatic heterocycles. The molecule has 11 rings (SSSR count). The van der Waals surface area contributed by atoms with E-state index in [0.29, 0.717) is 17.5 Å². The summed E-state index contributed by atoms with van der Waals surface area (Å²) in [7, 11) is 0. The molecule has 0 aliphatic carbocycles. The first kappa shape index (κ1) is 40.9. The molecule has 4 nitrogen and oxygen atoms in total. The molecule has 9 aromatic carbocycles. The van der Waals surface area contributed by atoms with Gasteiger partial charge in [-0.2, -0.15) is 0 Å². The molecule has 316 valence electrons. The molecule has 2 heterocycles. The van der Waals surface area contributed by atoms with Crippen molar-refractivity contribution in [2.75, 3.05) is 0 Å². The molecule has 67 heavy (non-hydrogen) atoms. The normalized spacial score (nSPS) is 11.1. The Morgan fingerprint density at radius 1 is 0.194 bits per heavy atom. The van der Waals surface area contributed by atoms with Gasteiger partial charge in [0.25, 0.3) is 0 Å². The smallest absolute Gasteiger partial charge is 0.164 e. The Hall–Kier alpha value is -8.86. The van der Waals surface area contributed by atoms with Crippen molar-refractivity contribution >= 4 is 0 Å². The minimum absolute atomic E-state index is 0.602. The predicted molar refractivity (Wildman–Crippen MR) is 277 cm³/mol. The summed E-state index contributed by atoms with van der Waals surface area (Å²) >= 11 is 0. The maximum absolute atomic E-state index is 5.24. The third-order valence-electron chi connectivity index (χ3n) is 12.2. The molecule has 0 bridgehead atoms. The van der Waals surface area contributed by atoms with Crippen LogP contribution < -0.4 is 0 Å². The Morgan fingerprint density at radius 2 is 0.448 bits per heavy atom. The molecular formula is C63H44N4. The number of benzene rings is 9. The SMILES string of the molecule is Cc1ccc(-c2cc(-c3ccc(-c4cc(-c5ccccc5)nc(-c5ccccc5)c4)cc3)cc(-c3nc(-c4ccc(-c5ccccc5)cc4)nc(-c4ccc(-c5ccccc5)cc4)n3)c2)cc1. The highest BCUT2D eigenvalue weighted by atomic mass is 15.0. The topological polar surface area (TPSA) is 51.6 Å². The van der Waals surface area contributed by atoms with Gasteiger partial charge in [0.15, 0.2) is 17.5 Å². The zero-order valence-electron chi connectivity index (χ0n) is 37.0. The Kier molecular flexibility index (Phi) is 11.2. The van der Waals surface area contributed by atoms with Crippen molar-refractivity contribution in [2.45, 2.75) is 6.92 Å². The van der Waals surface area contributed by atoms with Crippen molar-refractivity contribution in [3.8, 4) is 112 Å². The summed E-state index contributed by atoms with van der Waals surface area (Å²) in [6.07, 6.45) is 0. The Balaban J connectivity index is 1.02. The molecule has 0 N–H and O–H groups in total. The van der Waals surface area contributed by atoms with Crippen LogP contribution in [0.4, 0.5) is 0 Å². The summed E-state index contributed by atoms with van der Waals surface area (Å²) < 4.78 is 0. The van der Waals surface area contributed by atoms with Crippen LogP contribution in [-0.2, 0) is 0 Å². The third kappa shape index (κ3) is 8.97. The second kappa shape index (κ2) is 18.3. The summed E-state index contributed by atoms with van der Waals surface area (Å²) in [6, 6.07) is 87.2. The standard InChI is InChI=1S/C63H44N4/c1-43-22-24-48(25-23-43)55-38-56(49-26-28-50(29-27-49)57-41-59(51-18-10-4-11-19-51)64-60(42-57)52-20-12-5-13-21-52)40-58(39-55)63-66-61(53-34-30-46(31-35-53)44-14-6-2-7-15-44)65-62(67-63)54-36-32-47(33-37-54)45-16-8-3-9-17-45/h2-42H,1H3. The average Bonchev–Trinajstić information content (AvgIpc) is 3.42. The van der Waals surface area contributed by atoms with E-state index in [9.17, 15) is 0 Å². The summed E-state index contributed by atoms with van der Waals surface area (Å²) in [5, 5.41) is 0. The molecule has 0 radical (unpaired) electrons. The van der Waals surface area contributed by atoms with E-state index in [4.69, 9.17) is 19.9 Å². The fourth-order valence-corrected chi connectivity index (χ4v) is 8.55. The van der Waals surface area contributed by atoms with E-state index >= 15 is 0 Å². The van der Waals surface area contributed by atoms with Crippen molar-refractivity contribution in [2.24, 2.45) is 0 Å². The van der Waals surface area contributed by atoms with Gasteiger partial charge < -0.3 is 0 Å². The van der Waals surface area contributed by atoms with Crippen molar-refractivity contribution in [1.82, 2.24) is 19.9 Å². The minimum atomic E-state index is 0.602. The van der Waals surface area contributed by atoms with Gasteiger partial charge in [-0.15, -0.1) is 0 Å². The monoisotopic (exact) mass is 856 g/mol. The van der Waals surface area contributed by atoms with Crippen molar-refractivity contribution in [1.29, 1.82) is 0 Å². The summed E-state index contributed by atoms with van der Waals surface area (Å²) in [5.41, 5.74) is 19.1. The van der Waals surface area contributed by atoms with E-state index in [0.717, 1.165) is 94.8 Å². The molecule has 0 unspecified atom stereocenters. The van der Waals surface area contributed by atoms with Gasteiger partial charge >= 0.3 is 0 Å². The molecular weight excluding hydrogens is 813 g/mol. The Bertz CT molecular complexity index is 3290. The molecule has 4 heteroatoms. The lowest BCUT2D eigenvalue weighted by Crippen LogP contribution is -2.01. The van der Waals surface area contributed by atoms with Crippen LogP contribution in [0.5, 0.6) is 0 Å². The van der Waals surface area contributed by atoms with Crippen LogP contribution in [0.3, 0.4) is 0 Å². The van der Waals surface area contributed by atoms with Crippen molar-refractivity contribution in [3.63, 3.8) is 0 Å². The van der Waals surface area contributed by atoms with Crippen molar-refractivity contribution < 1.29 is 0 Å². The molecule has 11 aromatic rings. The van der Waals surface area contributed by atoms with Gasteiger partial charge in [-0.1, -0.05) is 224 Å². The zero-order chi connectivity index (χ0) is 44.9. The molecule has 0 amide bonds. The number of hydrogen-bond donors (Lipinski definition) is 0. The van der Waals surface area contributed by atoms with Crippen LogP contribution in [0.25, 0.3) is 112 Å². The number of pyridine rings is 1. The first-order valence-corrected chi connectivity index (χ1v) is 22.6. The van der Waals surface area contributed by atoms with Crippen molar-refractivity contribution in [3.05, 3.63) is 254 Å². The molecule has 0 aliphatic rings. The molecule has 0 aliphatic heterocycles. The van der Waals surface area contributed by atoms with E-state index in [1.807, 2.05) is 24.3 Å². The van der Waals surface area contributed by atoms with E-state index in [1.54, 1.807) is 0 Å². The molecule has 0 atom stereocenters. The van der Waals surface area contributed by atoms with E-state index < -0.39 is 0 Å². The van der Waals surface area contributed by atoms with Crippen LogP contribution in [0.15, 0.2) is 249 Å². The van der Waals surface area contributed by atoms with E-state index in [2.05, 4.69) is 231 Å². The summed E-state index contributed by atoms with van der Waals surface area (Å²) in [5.74, 6) is 1.82. The van der Waals surface area contributed by atoms with Gasteiger partial charge in [-0.25, -0.2) is 19.9 Å². The number of hydrogen-bond acceptors (Lipinski definition) is 4. The minimum Gasteiger partial charge on any atom is -0.248 e. The number of nitrogens with zero attached hydrogens (tertiary/aromatic N) is 4. The second-order valence-electron chi connectivity index (χ2n) is 16.8. The first-order valence-electron chi connectivity index (χ1n) is 22.6. The van der Waals surface area contributed by atoms with E-state index in [-0.39, 0.29) is 0 Å². The van der Waals surface area contributed by atoms with Crippen LogP contribution in [-0.4, -0.2) is 19.9 Å². The van der Waals surface area contributed by atoms with Gasteiger partial charge in [-0.3, -0.25) is 0 Å². The Labute approximate surface area is 391 Å². The predicted octanol–water partition coefficient (Wildman–Crippen LogP) is 16.2. The maximum atomic E-state index is 5.24. The molecule has 0 spiro atoms.